The molecule has 0 aromatic heterocycles. The van der Waals surface area contributed by atoms with Gasteiger partial charge in [0.2, 0.25) is 5.91 Å². The molecule has 0 aliphatic rings. The minimum Gasteiger partial charge on any atom is -0.489 e. The van der Waals surface area contributed by atoms with Gasteiger partial charge >= 0.3 is 0 Å². The Kier molecular flexibility index (Phi) is 7.96. The molecule has 22 heavy (non-hydrogen) atoms. The van der Waals surface area contributed by atoms with Gasteiger partial charge in [-0.1, -0.05) is 30.1 Å². The van der Waals surface area contributed by atoms with Crippen molar-refractivity contribution in [3.63, 3.8) is 0 Å². The zero-order valence-corrected chi connectivity index (χ0v) is 14.5. The molecule has 0 radical (unpaired) electrons. The van der Waals surface area contributed by atoms with Gasteiger partial charge in [-0.05, 0) is 25.2 Å². The maximum atomic E-state index is 11.5. The highest BCUT2D eigenvalue weighted by Gasteiger charge is 2.16. The lowest BCUT2D eigenvalue weighted by Crippen LogP contribution is -2.39. The lowest BCUT2D eigenvalue weighted by molar-refractivity contribution is -0.124. The van der Waals surface area contributed by atoms with Gasteiger partial charge in [-0.15, -0.1) is 0 Å². The Bertz CT molecular complexity index is 500. The third kappa shape index (κ3) is 6.40. The first-order chi connectivity index (χ1) is 10.3. The third-order valence-corrected chi connectivity index (χ3v) is 3.66. The van der Waals surface area contributed by atoms with Crippen LogP contribution in [0.15, 0.2) is 18.2 Å². The smallest absolute Gasteiger partial charge is 0.223 e. The zero-order chi connectivity index (χ0) is 16.7. The quantitative estimate of drug-likeness (QED) is 0.754. The van der Waals surface area contributed by atoms with Crippen molar-refractivity contribution in [2.45, 2.75) is 13.0 Å². The fraction of sp³-hybridized carbons (Fsp3) is 0.533. The minimum atomic E-state index is -0.686. The van der Waals surface area contributed by atoms with Crippen molar-refractivity contribution in [1.29, 1.82) is 0 Å². The molecule has 1 aromatic carbocycles. The number of amides is 1. The van der Waals surface area contributed by atoms with E-state index in [0.717, 1.165) is 0 Å². The Morgan fingerprint density at radius 1 is 1.41 bits per heavy atom. The molecule has 1 rings (SSSR count). The van der Waals surface area contributed by atoms with E-state index in [2.05, 4.69) is 5.32 Å². The molecule has 0 aliphatic heterocycles. The van der Waals surface area contributed by atoms with Crippen LogP contribution in [0.5, 0.6) is 5.75 Å². The van der Waals surface area contributed by atoms with E-state index in [0.29, 0.717) is 28.9 Å². The molecule has 2 unspecified atom stereocenters. The first-order valence-electron chi connectivity index (χ1n) is 6.99. The summed E-state index contributed by atoms with van der Waals surface area (Å²) in [5.41, 5.74) is 0. The summed E-state index contributed by atoms with van der Waals surface area (Å²) in [6.07, 6.45) is -0.686. The molecule has 2 N–H and O–H groups in total. The van der Waals surface area contributed by atoms with Crippen molar-refractivity contribution in [2.24, 2.45) is 5.92 Å². The SMILES string of the molecule is CNC(=O)C(C)CN(C)CC(O)COc1ccc(Cl)cc1Cl. The molecule has 0 fully saturated rings. The van der Waals surface area contributed by atoms with E-state index in [9.17, 15) is 9.90 Å². The number of carbonyl (C=O) groups excluding carboxylic acids is 1. The number of nitrogens with zero attached hydrogens (tertiary/aromatic N) is 1. The van der Waals surface area contributed by atoms with E-state index < -0.39 is 6.10 Å². The van der Waals surface area contributed by atoms with E-state index in [-0.39, 0.29) is 18.4 Å². The van der Waals surface area contributed by atoms with Crippen LogP contribution in [0.25, 0.3) is 0 Å². The number of nitrogens with one attached hydrogen (secondary N) is 1. The Labute approximate surface area is 141 Å². The van der Waals surface area contributed by atoms with Gasteiger partial charge in [0, 0.05) is 31.1 Å². The molecular formula is C15H22Cl2N2O3. The minimum absolute atomic E-state index is 0.0227. The van der Waals surface area contributed by atoms with E-state index in [1.54, 1.807) is 25.2 Å². The van der Waals surface area contributed by atoms with Crippen LogP contribution >= 0.6 is 23.2 Å². The zero-order valence-electron chi connectivity index (χ0n) is 13.0. The van der Waals surface area contributed by atoms with Gasteiger partial charge in [-0.3, -0.25) is 4.79 Å². The first-order valence-corrected chi connectivity index (χ1v) is 7.75. The van der Waals surface area contributed by atoms with Crippen LogP contribution in [0.3, 0.4) is 0 Å². The number of hydrogen-bond donors (Lipinski definition) is 2. The molecule has 124 valence electrons. The van der Waals surface area contributed by atoms with Gasteiger partial charge in [-0.25, -0.2) is 0 Å². The summed E-state index contributed by atoms with van der Waals surface area (Å²) in [4.78, 5) is 13.3. The number of halogens is 2. The van der Waals surface area contributed by atoms with Gasteiger partial charge in [0.15, 0.2) is 0 Å². The number of aliphatic hydroxyl groups excluding tert-OH is 1. The Morgan fingerprint density at radius 3 is 2.68 bits per heavy atom. The van der Waals surface area contributed by atoms with Crippen molar-refractivity contribution < 1.29 is 14.6 Å². The number of benzene rings is 1. The topological polar surface area (TPSA) is 61.8 Å². The molecule has 0 bridgehead atoms. The summed E-state index contributed by atoms with van der Waals surface area (Å²) in [5, 5.41) is 13.5. The molecule has 2 atom stereocenters. The highest BCUT2D eigenvalue weighted by atomic mass is 35.5. The summed E-state index contributed by atoms with van der Waals surface area (Å²) in [6.45, 7) is 2.90. The molecule has 5 nitrogen and oxygen atoms in total. The number of rotatable bonds is 8. The predicted octanol–water partition coefficient (Wildman–Crippen LogP) is 2.05. The largest absolute Gasteiger partial charge is 0.489 e. The van der Waals surface area contributed by atoms with E-state index >= 15 is 0 Å². The van der Waals surface area contributed by atoms with Gasteiger partial charge in [0.1, 0.15) is 18.5 Å². The molecule has 0 heterocycles. The lowest BCUT2D eigenvalue weighted by Gasteiger charge is -2.23. The summed E-state index contributed by atoms with van der Waals surface area (Å²) in [7, 11) is 3.45. The second-order valence-electron chi connectivity index (χ2n) is 5.28. The first kappa shape index (κ1) is 19.0. The number of carbonyl (C=O) groups is 1. The molecule has 0 spiro atoms. The molecule has 0 saturated carbocycles. The number of hydrogen-bond acceptors (Lipinski definition) is 4. The molecular weight excluding hydrogens is 327 g/mol. The Morgan fingerprint density at radius 2 is 2.09 bits per heavy atom. The van der Waals surface area contributed by atoms with E-state index in [1.165, 1.54) is 0 Å². The van der Waals surface area contributed by atoms with E-state index in [1.807, 2.05) is 18.9 Å². The maximum Gasteiger partial charge on any atom is 0.223 e. The highest BCUT2D eigenvalue weighted by molar-refractivity contribution is 6.35. The van der Waals surface area contributed by atoms with Crippen LogP contribution in [0.2, 0.25) is 10.0 Å². The van der Waals surface area contributed by atoms with Crippen LogP contribution in [0.4, 0.5) is 0 Å². The summed E-state index contributed by atoms with van der Waals surface area (Å²) < 4.78 is 5.48. The Hall–Kier alpha value is -1.01. The fourth-order valence-corrected chi connectivity index (χ4v) is 2.53. The van der Waals surface area contributed by atoms with Crippen molar-refractivity contribution in [2.75, 3.05) is 33.8 Å². The van der Waals surface area contributed by atoms with E-state index in [4.69, 9.17) is 27.9 Å². The molecule has 0 aliphatic carbocycles. The normalized spacial score (nSPS) is 13.8. The second-order valence-corrected chi connectivity index (χ2v) is 6.12. The van der Waals surface area contributed by atoms with Crippen LogP contribution in [-0.4, -0.2) is 55.8 Å². The lowest BCUT2D eigenvalue weighted by atomic mass is 10.1. The third-order valence-electron chi connectivity index (χ3n) is 3.13. The Balaban J connectivity index is 2.39. The van der Waals surface area contributed by atoms with Crippen molar-refractivity contribution in [1.82, 2.24) is 10.2 Å². The molecule has 0 saturated heterocycles. The van der Waals surface area contributed by atoms with Gasteiger partial charge in [-0.2, -0.15) is 0 Å². The van der Waals surface area contributed by atoms with Crippen molar-refractivity contribution >= 4 is 29.1 Å². The predicted molar refractivity (Wildman–Crippen MR) is 88.7 cm³/mol. The fourth-order valence-electron chi connectivity index (χ4n) is 2.06. The van der Waals surface area contributed by atoms with Crippen LogP contribution in [0.1, 0.15) is 6.92 Å². The second kappa shape index (κ2) is 9.20. The van der Waals surface area contributed by atoms with Crippen molar-refractivity contribution in [3.05, 3.63) is 28.2 Å². The summed E-state index contributed by atoms with van der Waals surface area (Å²) in [6, 6.07) is 4.92. The number of likely N-dealkylation sites (N-methyl/N-ethyl adjacent to an activating group) is 1. The molecule has 1 aromatic rings. The number of ether oxygens (including phenoxy) is 1. The summed E-state index contributed by atoms with van der Waals surface area (Å²) >= 11 is 11.8. The van der Waals surface area contributed by atoms with Crippen LogP contribution in [-0.2, 0) is 4.79 Å². The summed E-state index contributed by atoms with van der Waals surface area (Å²) in [5.74, 6) is 0.311. The molecule has 1 amide bonds. The molecule has 7 heteroatoms. The highest BCUT2D eigenvalue weighted by Crippen LogP contribution is 2.27. The van der Waals surface area contributed by atoms with Gasteiger partial charge in [0.05, 0.1) is 5.02 Å². The standard InChI is InChI=1S/C15H22Cl2N2O3/c1-10(15(21)18-2)7-19(3)8-12(20)9-22-14-5-4-11(16)6-13(14)17/h4-6,10,12,20H,7-9H2,1-3H3,(H,18,21). The van der Waals surface area contributed by atoms with Gasteiger partial charge in [0.25, 0.3) is 0 Å². The average Bonchev–Trinajstić information content (AvgIpc) is 2.45. The van der Waals surface area contributed by atoms with Gasteiger partial charge < -0.3 is 20.1 Å². The van der Waals surface area contributed by atoms with Crippen LogP contribution in [0, 0.1) is 5.92 Å². The number of aliphatic hydroxyl groups is 1. The average molecular weight is 349 g/mol. The maximum absolute atomic E-state index is 11.5. The monoisotopic (exact) mass is 348 g/mol. The van der Waals surface area contributed by atoms with Crippen LogP contribution < -0.4 is 10.1 Å². The van der Waals surface area contributed by atoms with Crippen molar-refractivity contribution in [3.8, 4) is 5.75 Å².